The molecule has 1 saturated carbocycles. The first-order chi connectivity index (χ1) is 7.58. The highest BCUT2D eigenvalue weighted by molar-refractivity contribution is 5.99. The number of carbonyl (C=O) groups excluding carboxylic acids is 1. The number of nitrogen functional groups attached to an aromatic ring is 1. The van der Waals surface area contributed by atoms with E-state index in [1.165, 1.54) is 12.8 Å². The summed E-state index contributed by atoms with van der Waals surface area (Å²) in [6.07, 6.45) is 2.62. The summed E-state index contributed by atoms with van der Waals surface area (Å²) in [5.74, 6) is 0.332. The zero-order valence-corrected chi connectivity index (χ0v) is 9.44. The van der Waals surface area contributed by atoms with Crippen LogP contribution in [0.5, 0.6) is 0 Å². The van der Waals surface area contributed by atoms with Crippen molar-refractivity contribution in [3.8, 4) is 0 Å². The molecule has 1 aliphatic rings. The minimum Gasteiger partial charge on any atom is -0.398 e. The van der Waals surface area contributed by atoms with Gasteiger partial charge in [0.05, 0.1) is 5.56 Å². The van der Waals surface area contributed by atoms with Gasteiger partial charge in [-0.25, -0.2) is 0 Å². The number of nitrogens with two attached hydrogens (primary N) is 2. The molecule has 0 heterocycles. The lowest BCUT2D eigenvalue weighted by molar-refractivity contribution is 0.100. The fourth-order valence-corrected chi connectivity index (χ4v) is 1.79. The van der Waals surface area contributed by atoms with Crippen molar-refractivity contribution in [2.24, 2.45) is 11.7 Å². The molecule has 0 spiro atoms. The average molecular weight is 219 g/mol. The van der Waals surface area contributed by atoms with Crippen LogP contribution in [-0.4, -0.2) is 19.5 Å². The molecule has 0 atom stereocenters. The normalized spacial score (nSPS) is 14.8. The van der Waals surface area contributed by atoms with E-state index in [1.807, 2.05) is 13.1 Å². The van der Waals surface area contributed by atoms with Gasteiger partial charge in [-0.3, -0.25) is 4.79 Å². The van der Waals surface area contributed by atoms with Crippen molar-refractivity contribution in [1.82, 2.24) is 0 Å². The number of nitrogens with zero attached hydrogens (tertiary/aromatic N) is 1. The highest BCUT2D eigenvalue weighted by atomic mass is 16.1. The number of hydrogen-bond donors (Lipinski definition) is 2. The van der Waals surface area contributed by atoms with Crippen LogP contribution in [0.25, 0.3) is 0 Å². The summed E-state index contributed by atoms with van der Waals surface area (Å²) in [4.78, 5) is 13.3. The molecule has 4 N–H and O–H groups in total. The van der Waals surface area contributed by atoms with E-state index in [0.717, 1.165) is 18.2 Å². The van der Waals surface area contributed by atoms with Crippen LogP contribution in [0, 0.1) is 5.92 Å². The third-order valence-corrected chi connectivity index (χ3v) is 2.97. The monoisotopic (exact) mass is 219 g/mol. The molecule has 1 amide bonds. The zero-order chi connectivity index (χ0) is 11.7. The van der Waals surface area contributed by atoms with Crippen molar-refractivity contribution in [1.29, 1.82) is 0 Å². The largest absolute Gasteiger partial charge is 0.398 e. The lowest BCUT2D eigenvalue weighted by Crippen LogP contribution is -2.21. The topological polar surface area (TPSA) is 72.3 Å². The van der Waals surface area contributed by atoms with Gasteiger partial charge in [0.15, 0.2) is 0 Å². The molecular weight excluding hydrogens is 202 g/mol. The SMILES string of the molecule is CN(CC1CC1)c1ccc(N)c(C(N)=O)c1. The summed E-state index contributed by atoms with van der Waals surface area (Å²) in [7, 11) is 2.02. The summed E-state index contributed by atoms with van der Waals surface area (Å²) in [6, 6.07) is 5.42. The van der Waals surface area contributed by atoms with Crippen molar-refractivity contribution in [2.45, 2.75) is 12.8 Å². The Kier molecular flexibility index (Phi) is 2.73. The van der Waals surface area contributed by atoms with Crippen LogP contribution < -0.4 is 16.4 Å². The summed E-state index contributed by atoms with van der Waals surface area (Å²) >= 11 is 0. The third kappa shape index (κ3) is 2.27. The molecule has 0 aliphatic heterocycles. The molecule has 1 aromatic rings. The average Bonchev–Trinajstić information content (AvgIpc) is 3.01. The summed E-state index contributed by atoms with van der Waals surface area (Å²) < 4.78 is 0. The Morgan fingerprint density at radius 3 is 2.75 bits per heavy atom. The first kappa shape index (κ1) is 10.8. The maximum atomic E-state index is 11.2. The van der Waals surface area contributed by atoms with Gasteiger partial charge >= 0.3 is 0 Å². The fourth-order valence-electron chi connectivity index (χ4n) is 1.79. The number of rotatable bonds is 4. The predicted octanol–water partition coefficient (Wildman–Crippen LogP) is 1.21. The Labute approximate surface area is 95.2 Å². The predicted molar refractivity (Wildman–Crippen MR) is 65.4 cm³/mol. The van der Waals surface area contributed by atoms with Gasteiger partial charge in [-0.2, -0.15) is 0 Å². The molecule has 4 heteroatoms. The van der Waals surface area contributed by atoms with Gasteiger partial charge in [-0.15, -0.1) is 0 Å². The van der Waals surface area contributed by atoms with Crippen LogP contribution >= 0.6 is 0 Å². The van der Waals surface area contributed by atoms with Crippen molar-refractivity contribution in [3.05, 3.63) is 23.8 Å². The van der Waals surface area contributed by atoms with Crippen molar-refractivity contribution < 1.29 is 4.79 Å². The molecule has 1 fully saturated rings. The van der Waals surface area contributed by atoms with Gasteiger partial charge < -0.3 is 16.4 Å². The Morgan fingerprint density at radius 2 is 2.19 bits per heavy atom. The van der Waals surface area contributed by atoms with Crippen LogP contribution in [0.15, 0.2) is 18.2 Å². The quantitative estimate of drug-likeness (QED) is 0.748. The van der Waals surface area contributed by atoms with Crippen LogP contribution in [0.2, 0.25) is 0 Å². The van der Waals surface area contributed by atoms with Crippen molar-refractivity contribution in [2.75, 3.05) is 24.2 Å². The van der Waals surface area contributed by atoms with Crippen LogP contribution in [0.3, 0.4) is 0 Å². The standard InChI is InChI=1S/C12H17N3O/c1-15(7-8-2-3-8)9-4-5-11(13)10(6-9)12(14)16/h4-6,8H,2-3,7,13H2,1H3,(H2,14,16). The number of carbonyl (C=O) groups is 1. The van der Waals surface area contributed by atoms with Gasteiger partial charge in [0.2, 0.25) is 0 Å². The lowest BCUT2D eigenvalue weighted by Gasteiger charge is -2.20. The summed E-state index contributed by atoms with van der Waals surface area (Å²) in [6.45, 7) is 1.03. The van der Waals surface area contributed by atoms with E-state index in [4.69, 9.17) is 11.5 Å². The summed E-state index contributed by atoms with van der Waals surface area (Å²) in [5.41, 5.74) is 12.8. The van der Waals surface area contributed by atoms with E-state index >= 15 is 0 Å². The molecule has 0 aromatic heterocycles. The van der Waals surface area contributed by atoms with E-state index in [1.54, 1.807) is 12.1 Å². The molecule has 0 radical (unpaired) electrons. The number of benzene rings is 1. The summed E-state index contributed by atoms with van der Waals surface area (Å²) in [5, 5.41) is 0. The number of primary amides is 1. The smallest absolute Gasteiger partial charge is 0.250 e. The molecule has 0 saturated heterocycles. The Hall–Kier alpha value is -1.71. The first-order valence-electron chi connectivity index (χ1n) is 5.48. The number of hydrogen-bond acceptors (Lipinski definition) is 3. The van der Waals surface area contributed by atoms with E-state index in [9.17, 15) is 4.79 Å². The number of amides is 1. The highest BCUT2D eigenvalue weighted by Gasteiger charge is 2.23. The minimum absolute atomic E-state index is 0.403. The molecular formula is C12H17N3O. The molecule has 0 bridgehead atoms. The van der Waals surface area contributed by atoms with E-state index in [-0.39, 0.29) is 0 Å². The van der Waals surface area contributed by atoms with Crippen molar-refractivity contribution >= 4 is 17.3 Å². The fraction of sp³-hybridized carbons (Fsp3) is 0.417. The maximum absolute atomic E-state index is 11.2. The van der Waals surface area contributed by atoms with Crippen LogP contribution in [0.4, 0.5) is 11.4 Å². The zero-order valence-electron chi connectivity index (χ0n) is 9.44. The van der Waals surface area contributed by atoms with Crippen LogP contribution in [0.1, 0.15) is 23.2 Å². The maximum Gasteiger partial charge on any atom is 0.250 e. The van der Waals surface area contributed by atoms with Gasteiger partial charge in [-0.05, 0) is 37.0 Å². The van der Waals surface area contributed by atoms with Gasteiger partial charge in [0, 0.05) is 25.0 Å². The lowest BCUT2D eigenvalue weighted by atomic mass is 10.1. The van der Waals surface area contributed by atoms with E-state index in [2.05, 4.69) is 4.90 Å². The van der Waals surface area contributed by atoms with Crippen molar-refractivity contribution in [3.63, 3.8) is 0 Å². The molecule has 1 aliphatic carbocycles. The third-order valence-electron chi connectivity index (χ3n) is 2.97. The molecule has 86 valence electrons. The minimum atomic E-state index is -0.473. The molecule has 4 nitrogen and oxygen atoms in total. The second-order valence-electron chi connectivity index (χ2n) is 4.46. The van der Waals surface area contributed by atoms with E-state index in [0.29, 0.717) is 11.3 Å². The van der Waals surface area contributed by atoms with Gasteiger partial charge in [0.1, 0.15) is 0 Å². The second-order valence-corrected chi connectivity index (χ2v) is 4.46. The molecule has 0 unspecified atom stereocenters. The molecule has 1 aromatic carbocycles. The number of anilines is 2. The molecule has 2 rings (SSSR count). The van der Waals surface area contributed by atoms with Crippen LogP contribution in [-0.2, 0) is 0 Å². The second kappa shape index (κ2) is 4.04. The van der Waals surface area contributed by atoms with E-state index < -0.39 is 5.91 Å². The highest BCUT2D eigenvalue weighted by Crippen LogP contribution is 2.31. The Balaban J connectivity index is 2.20. The first-order valence-corrected chi connectivity index (χ1v) is 5.48. The Bertz CT molecular complexity index is 413. The van der Waals surface area contributed by atoms with Gasteiger partial charge in [0.25, 0.3) is 5.91 Å². The van der Waals surface area contributed by atoms with Gasteiger partial charge in [-0.1, -0.05) is 0 Å². The molecule has 16 heavy (non-hydrogen) atoms. The Morgan fingerprint density at radius 1 is 1.50 bits per heavy atom.